The van der Waals surface area contributed by atoms with Crippen LogP contribution in [-0.2, 0) is 13.2 Å². The summed E-state index contributed by atoms with van der Waals surface area (Å²) in [7, 11) is 0. The average Bonchev–Trinajstić information content (AvgIpc) is 2.77. The van der Waals surface area contributed by atoms with Gasteiger partial charge in [0.2, 0.25) is 0 Å². The van der Waals surface area contributed by atoms with E-state index in [0.29, 0.717) is 36.3 Å². The highest BCUT2D eigenvalue weighted by atomic mass is 35.5. The normalized spacial score (nSPS) is 10.8. The Balaban J connectivity index is 1.53. The zero-order chi connectivity index (χ0) is 21.6. The number of anilines is 1. The van der Waals surface area contributed by atoms with Crippen LogP contribution >= 0.6 is 11.6 Å². The first-order chi connectivity index (χ1) is 15.1. The van der Waals surface area contributed by atoms with Gasteiger partial charge in [-0.25, -0.2) is 0 Å². The third kappa shape index (κ3) is 5.12. The molecule has 4 aromatic carbocycles. The molecular formula is C27H26ClNO2. The highest BCUT2D eigenvalue weighted by Crippen LogP contribution is 2.37. The van der Waals surface area contributed by atoms with E-state index in [1.807, 2.05) is 31.2 Å². The van der Waals surface area contributed by atoms with Crippen LogP contribution in [0.1, 0.15) is 23.6 Å². The van der Waals surface area contributed by atoms with Crippen molar-refractivity contribution in [3.05, 3.63) is 101 Å². The number of hydrogen-bond acceptors (Lipinski definition) is 3. The van der Waals surface area contributed by atoms with Crippen molar-refractivity contribution in [1.82, 2.24) is 0 Å². The van der Waals surface area contributed by atoms with Gasteiger partial charge >= 0.3 is 0 Å². The standard InChI is InChI=1S/C27H26ClNO2/c1-3-30-26-16-21(17-29-25-13-7-11-22-10-4-5-12-23(22)25)15-24(28)27(26)31-18-20-9-6-8-19(2)14-20/h4-16,29H,3,17-18H2,1-2H3. The van der Waals surface area contributed by atoms with Crippen molar-refractivity contribution in [2.75, 3.05) is 11.9 Å². The summed E-state index contributed by atoms with van der Waals surface area (Å²) < 4.78 is 11.9. The van der Waals surface area contributed by atoms with E-state index < -0.39 is 0 Å². The summed E-state index contributed by atoms with van der Waals surface area (Å²) in [5.74, 6) is 1.25. The van der Waals surface area contributed by atoms with Crippen molar-refractivity contribution in [3.8, 4) is 11.5 Å². The summed E-state index contributed by atoms with van der Waals surface area (Å²) in [5, 5.41) is 6.48. The minimum absolute atomic E-state index is 0.440. The summed E-state index contributed by atoms with van der Waals surface area (Å²) in [6, 6.07) is 26.8. The Morgan fingerprint density at radius 3 is 2.48 bits per heavy atom. The minimum Gasteiger partial charge on any atom is -0.490 e. The SMILES string of the molecule is CCOc1cc(CNc2cccc3ccccc23)cc(Cl)c1OCc1cccc(C)c1. The number of benzene rings is 4. The fourth-order valence-electron chi connectivity index (χ4n) is 3.66. The second kappa shape index (κ2) is 9.76. The highest BCUT2D eigenvalue weighted by molar-refractivity contribution is 6.32. The monoisotopic (exact) mass is 431 g/mol. The van der Waals surface area contributed by atoms with E-state index >= 15 is 0 Å². The van der Waals surface area contributed by atoms with Crippen molar-refractivity contribution >= 4 is 28.1 Å². The van der Waals surface area contributed by atoms with Crippen LogP contribution in [-0.4, -0.2) is 6.61 Å². The smallest absolute Gasteiger partial charge is 0.180 e. The predicted octanol–water partition coefficient (Wildman–Crippen LogP) is 7.39. The molecule has 3 nitrogen and oxygen atoms in total. The van der Waals surface area contributed by atoms with Gasteiger partial charge in [0.25, 0.3) is 0 Å². The van der Waals surface area contributed by atoms with Crippen molar-refractivity contribution in [2.24, 2.45) is 0 Å². The quantitative estimate of drug-likeness (QED) is 0.315. The van der Waals surface area contributed by atoms with Crippen LogP contribution in [0, 0.1) is 6.92 Å². The third-order valence-corrected chi connectivity index (χ3v) is 5.39. The summed E-state index contributed by atoms with van der Waals surface area (Å²) in [6.07, 6.45) is 0. The Morgan fingerprint density at radius 1 is 0.839 bits per heavy atom. The van der Waals surface area contributed by atoms with Crippen molar-refractivity contribution in [3.63, 3.8) is 0 Å². The topological polar surface area (TPSA) is 30.5 Å². The van der Waals surface area contributed by atoms with Crippen LogP contribution in [0.4, 0.5) is 5.69 Å². The molecular weight excluding hydrogens is 406 g/mol. The molecule has 31 heavy (non-hydrogen) atoms. The number of rotatable bonds is 8. The van der Waals surface area contributed by atoms with Gasteiger partial charge < -0.3 is 14.8 Å². The molecule has 4 rings (SSSR count). The van der Waals surface area contributed by atoms with E-state index in [2.05, 4.69) is 66.8 Å². The van der Waals surface area contributed by atoms with Gasteiger partial charge in [-0.3, -0.25) is 0 Å². The maximum absolute atomic E-state index is 6.61. The lowest BCUT2D eigenvalue weighted by atomic mass is 10.1. The molecule has 0 aliphatic rings. The van der Waals surface area contributed by atoms with Crippen LogP contribution in [0.15, 0.2) is 78.9 Å². The Kier molecular flexibility index (Phi) is 6.63. The van der Waals surface area contributed by atoms with Gasteiger partial charge in [0.1, 0.15) is 6.61 Å². The van der Waals surface area contributed by atoms with Crippen LogP contribution in [0.3, 0.4) is 0 Å². The zero-order valence-corrected chi connectivity index (χ0v) is 18.6. The molecule has 0 saturated heterocycles. The fraction of sp³-hybridized carbons (Fsp3) is 0.185. The molecule has 0 heterocycles. The molecule has 0 fully saturated rings. The van der Waals surface area contributed by atoms with E-state index in [1.165, 1.54) is 16.3 Å². The minimum atomic E-state index is 0.440. The highest BCUT2D eigenvalue weighted by Gasteiger charge is 2.13. The third-order valence-electron chi connectivity index (χ3n) is 5.11. The summed E-state index contributed by atoms with van der Waals surface area (Å²) in [6.45, 7) is 5.64. The summed E-state index contributed by atoms with van der Waals surface area (Å²) in [4.78, 5) is 0. The first-order valence-electron chi connectivity index (χ1n) is 10.5. The average molecular weight is 432 g/mol. The number of ether oxygens (including phenoxy) is 2. The maximum atomic E-state index is 6.61. The first kappa shape index (κ1) is 21.1. The summed E-state index contributed by atoms with van der Waals surface area (Å²) >= 11 is 6.61. The molecule has 0 bridgehead atoms. The molecule has 0 saturated carbocycles. The molecule has 4 aromatic rings. The Labute approximate surface area is 188 Å². The number of halogens is 1. The first-order valence-corrected chi connectivity index (χ1v) is 10.9. The molecule has 0 aromatic heterocycles. The Morgan fingerprint density at radius 2 is 1.65 bits per heavy atom. The van der Waals surface area contributed by atoms with Crippen molar-refractivity contribution < 1.29 is 9.47 Å². The van der Waals surface area contributed by atoms with Gasteiger partial charge in [-0.1, -0.05) is 77.8 Å². The van der Waals surface area contributed by atoms with Gasteiger partial charge in [0, 0.05) is 17.6 Å². The molecule has 0 aliphatic heterocycles. The molecule has 0 amide bonds. The summed E-state index contributed by atoms with van der Waals surface area (Å²) in [5.41, 5.74) is 4.42. The molecule has 0 atom stereocenters. The van der Waals surface area contributed by atoms with Gasteiger partial charge in [0.15, 0.2) is 11.5 Å². The predicted molar refractivity (Wildman–Crippen MR) is 129 cm³/mol. The van der Waals surface area contributed by atoms with E-state index in [0.717, 1.165) is 16.8 Å². The fourth-order valence-corrected chi connectivity index (χ4v) is 3.95. The molecule has 4 heteroatoms. The van der Waals surface area contributed by atoms with Gasteiger partial charge in [-0.2, -0.15) is 0 Å². The number of fused-ring (bicyclic) bond motifs is 1. The van der Waals surface area contributed by atoms with Gasteiger partial charge in [0.05, 0.1) is 11.6 Å². The van der Waals surface area contributed by atoms with E-state index in [1.54, 1.807) is 0 Å². The lowest BCUT2D eigenvalue weighted by Crippen LogP contribution is -2.04. The number of nitrogens with one attached hydrogen (secondary N) is 1. The van der Waals surface area contributed by atoms with E-state index in [4.69, 9.17) is 21.1 Å². The van der Waals surface area contributed by atoms with Crippen molar-refractivity contribution in [2.45, 2.75) is 27.0 Å². The van der Waals surface area contributed by atoms with Crippen LogP contribution in [0.5, 0.6) is 11.5 Å². The number of hydrogen-bond donors (Lipinski definition) is 1. The second-order valence-electron chi connectivity index (χ2n) is 7.50. The van der Waals surface area contributed by atoms with Crippen molar-refractivity contribution in [1.29, 1.82) is 0 Å². The number of aryl methyl sites for hydroxylation is 1. The van der Waals surface area contributed by atoms with Gasteiger partial charge in [-0.15, -0.1) is 0 Å². The van der Waals surface area contributed by atoms with Crippen LogP contribution in [0.25, 0.3) is 10.8 Å². The maximum Gasteiger partial charge on any atom is 0.180 e. The molecule has 0 unspecified atom stereocenters. The Hall–Kier alpha value is -3.17. The molecule has 0 spiro atoms. The second-order valence-corrected chi connectivity index (χ2v) is 7.90. The van der Waals surface area contributed by atoms with Crippen LogP contribution < -0.4 is 14.8 Å². The largest absolute Gasteiger partial charge is 0.490 e. The van der Waals surface area contributed by atoms with E-state index in [-0.39, 0.29) is 0 Å². The molecule has 0 aliphatic carbocycles. The lowest BCUT2D eigenvalue weighted by Gasteiger charge is -2.16. The lowest BCUT2D eigenvalue weighted by molar-refractivity contribution is 0.269. The Bertz CT molecular complexity index is 1180. The molecule has 158 valence electrons. The van der Waals surface area contributed by atoms with Crippen LogP contribution in [0.2, 0.25) is 5.02 Å². The molecule has 1 N–H and O–H groups in total. The zero-order valence-electron chi connectivity index (χ0n) is 17.8. The molecule has 0 radical (unpaired) electrons. The van der Waals surface area contributed by atoms with Gasteiger partial charge in [-0.05, 0) is 48.6 Å². The van der Waals surface area contributed by atoms with E-state index in [9.17, 15) is 0 Å².